The molecule has 130 valence electrons. The van der Waals surface area contributed by atoms with Gasteiger partial charge in [-0.15, -0.1) is 11.8 Å². The predicted octanol–water partition coefficient (Wildman–Crippen LogP) is 2.58. The number of anilines is 1. The lowest BCUT2D eigenvalue weighted by Crippen LogP contribution is -2.45. The van der Waals surface area contributed by atoms with Crippen LogP contribution in [-0.4, -0.2) is 48.1 Å². The van der Waals surface area contributed by atoms with Gasteiger partial charge < -0.3 is 15.5 Å². The topological polar surface area (TPSA) is 61.4 Å². The molecule has 5 nitrogen and oxygen atoms in total. The molecule has 6 heteroatoms. The van der Waals surface area contributed by atoms with Crippen molar-refractivity contribution >= 4 is 29.3 Å². The summed E-state index contributed by atoms with van der Waals surface area (Å²) in [6.07, 6.45) is 2.54. The Bertz CT molecular complexity index is 635. The summed E-state index contributed by atoms with van der Waals surface area (Å²) in [6.45, 7) is 7.45. The first-order valence-electron chi connectivity index (χ1n) is 8.61. The minimum absolute atomic E-state index is 0.0161. The van der Waals surface area contributed by atoms with Crippen LogP contribution in [0.4, 0.5) is 5.69 Å². The van der Waals surface area contributed by atoms with Crippen LogP contribution in [-0.2, 0) is 4.79 Å². The number of likely N-dealkylation sites (tertiary alicyclic amines) is 1. The molecule has 0 radical (unpaired) electrons. The Morgan fingerprint density at radius 3 is 3.12 bits per heavy atom. The minimum Gasteiger partial charge on any atom is -0.348 e. The molecule has 2 N–H and O–H groups in total. The third kappa shape index (κ3) is 4.30. The molecule has 0 bridgehead atoms. The van der Waals surface area contributed by atoms with E-state index in [9.17, 15) is 9.59 Å². The summed E-state index contributed by atoms with van der Waals surface area (Å²) in [4.78, 5) is 27.4. The van der Waals surface area contributed by atoms with Crippen LogP contribution in [0.1, 0.15) is 37.0 Å². The normalized spacial score (nSPS) is 22.4. The van der Waals surface area contributed by atoms with Crippen LogP contribution in [0.15, 0.2) is 23.1 Å². The van der Waals surface area contributed by atoms with E-state index in [0.717, 1.165) is 36.1 Å². The van der Waals surface area contributed by atoms with E-state index in [1.165, 1.54) is 24.6 Å². The van der Waals surface area contributed by atoms with Crippen molar-refractivity contribution in [2.24, 2.45) is 5.92 Å². The van der Waals surface area contributed by atoms with Crippen LogP contribution >= 0.6 is 11.8 Å². The first-order valence-corrected chi connectivity index (χ1v) is 9.60. The largest absolute Gasteiger partial charge is 0.348 e. The van der Waals surface area contributed by atoms with Gasteiger partial charge in [-0.25, -0.2) is 0 Å². The van der Waals surface area contributed by atoms with Crippen molar-refractivity contribution in [2.75, 3.05) is 30.7 Å². The molecule has 2 atom stereocenters. The monoisotopic (exact) mass is 347 g/mol. The van der Waals surface area contributed by atoms with E-state index in [2.05, 4.69) is 22.5 Å². The van der Waals surface area contributed by atoms with E-state index in [1.807, 2.05) is 19.1 Å². The van der Waals surface area contributed by atoms with Gasteiger partial charge in [0.05, 0.1) is 11.4 Å². The lowest BCUT2D eigenvalue weighted by molar-refractivity contribution is -0.113. The van der Waals surface area contributed by atoms with Gasteiger partial charge in [0.25, 0.3) is 5.91 Å². The molecule has 1 aromatic carbocycles. The maximum absolute atomic E-state index is 12.5. The summed E-state index contributed by atoms with van der Waals surface area (Å²) in [5.41, 5.74) is 1.33. The van der Waals surface area contributed by atoms with Crippen molar-refractivity contribution < 1.29 is 9.59 Å². The number of thioether (sulfide) groups is 1. The fourth-order valence-electron chi connectivity index (χ4n) is 3.42. The zero-order chi connectivity index (χ0) is 17.1. The Labute approximate surface area is 147 Å². The second-order valence-corrected chi connectivity index (χ2v) is 7.95. The molecule has 2 aliphatic heterocycles. The number of carbonyl (C=O) groups is 2. The van der Waals surface area contributed by atoms with Crippen LogP contribution < -0.4 is 10.6 Å². The van der Waals surface area contributed by atoms with Gasteiger partial charge in [0, 0.05) is 29.6 Å². The van der Waals surface area contributed by atoms with Crippen LogP contribution in [0.2, 0.25) is 0 Å². The highest BCUT2D eigenvalue weighted by molar-refractivity contribution is 8.00. The summed E-state index contributed by atoms with van der Waals surface area (Å²) < 4.78 is 0. The molecule has 2 amide bonds. The van der Waals surface area contributed by atoms with Crippen molar-refractivity contribution in [3.05, 3.63) is 23.8 Å². The molecule has 0 aliphatic carbocycles. The fourth-order valence-corrected chi connectivity index (χ4v) is 4.21. The number of nitrogens with zero attached hydrogens (tertiary/aromatic N) is 1. The Kier molecular flexibility index (Phi) is 5.46. The molecule has 3 rings (SSSR count). The molecule has 1 fully saturated rings. The fraction of sp³-hybridized carbons (Fsp3) is 0.556. The highest BCUT2D eigenvalue weighted by Crippen LogP contribution is 2.31. The summed E-state index contributed by atoms with van der Waals surface area (Å²) in [7, 11) is 0. The van der Waals surface area contributed by atoms with Crippen molar-refractivity contribution in [1.29, 1.82) is 0 Å². The number of hydrogen-bond acceptors (Lipinski definition) is 4. The van der Waals surface area contributed by atoms with E-state index in [0.29, 0.717) is 11.3 Å². The Morgan fingerprint density at radius 2 is 2.33 bits per heavy atom. The number of benzene rings is 1. The third-order valence-corrected chi connectivity index (χ3v) is 5.60. The van der Waals surface area contributed by atoms with Gasteiger partial charge in [0.15, 0.2) is 0 Å². The molecule has 2 heterocycles. The van der Waals surface area contributed by atoms with E-state index < -0.39 is 0 Å². The quantitative estimate of drug-likeness (QED) is 0.879. The van der Waals surface area contributed by atoms with Crippen LogP contribution in [0.3, 0.4) is 0 Å². The number of fused-ring (bicyclic) bond motifs is 1. The molecule has 0 spiro atoms. The predicted molar refractivity (Wildman–Crippen MR) is 97.6 cm³/mol. The average Bonchev–Trinajstić information content (AvgIpc) is 2.54. The Balaban J connectivity index is 1.58. The number of rotatable bonds is 4. The summed E-state index contributed by atoms with van der Waals surface area (Å²) in [6, 6.07) is 5.60. The molecule has 0 aromatic heterocycles. The molecular weight excluding hydrogens is 322 g/mol. The van der Waals surface area contributed by atoms with Crippen molar-refractivity contribution in [2.45, 2.75) is 37.6 Å². The van der Waals surface area contributed by atoms with Gasteiger partial charge in [-0.1, -0.05) is 6.92 Å². The van der Waals surface area contributed by atoms with E-state index in [4.69, 9.17) is 0 Å². The number of carbonyl (C=O) groups excluding carboxylic acids is 2. The zero-order valence-corrected chi connectivity index (χ0v) is 15.1. The maximum Gasteiger partial charge on any atom is 0.251 e. The van der Waals surface area contributed by atoms with E-state index >= 15 is 0 Å². The highest BCUT2D eigenvalue weighted by atomic mass is 32.2. The maximum atomic E-state index is 12.5. The molecular formula is C18H25N3O2S. The minimum atomic E-state index is -0.0832. The van der Waals surface area contributed by atoms with Gasteiger partial charge in [0.2, 0.25) is 5.91 Å². The second kappa shape index (κ2) is 7.57. The van der Waals surface area contributed by atoms with Crippen LogP contribution in [0, 0.1) is 5.92 Å². The van der Waals surface area contributed by atoms with Gasteiger partial charge in [-0.2, -0.15) is 0 Å². The molecule has 0 unspecified atom stereocenters. The average molecular weight is 347 g/mol. The molecule has 2 aliphatic rings. The van der Waals surface area contributed by atoms with Crippen molar-refractivity contribution in [3.8, 4) is 0 Å². The van der Waals surface area contributed by atoms with Crippen molar-refractivity contribution in [3.63, 3.8) is 0 Å². The highest BCUT2D eigenvalue weighted by Gasteiger charge is 2.20. The molecule has 1 aromatic rings. The number of piperidine rings is 1. The third-order valence-electron chi connectivity index (χ3n) is 4.53. The van der Waals surface area contributed by atoms with E-state index in [1.54, 1.807) is 6.07 Å². The van der Waals surface area contributed by atoms with Crippen LogP contribution in [0.5, 0.6) is 0 Å². The lowest BCUT2D eigenvalue weighted by atomic mass is 10.00. The molecule has 1 saturated heterocycles. The first-order chi connectivity index (χ1) is 11.5. The van der Waals surface area contributed by atoms with Gasteiger partial charge >= 0.3 is 0 Å². The number of nitrogens with one attached hydrogen (secondary N) is 2. The van der Waals surface area contributed by atoms with Gasteiger partial charge in [0.1, 0.15) is 0 Å². The molecule has 24 heavy (non-hydrogen) atoms. The lowest BCUT2D eigenvalue weighted by Gasteiger charge is -2.32. The zero-order valence-electron chi connectivity index (χ0n) is 14.3. The smallest absolute Gasteiger partial charge is 0.251 e. The van der Waals surface area contributed by atoms with Crippen LogP contribution in [0.25, 0.3) is 0 Å². The summed E-state index contributed by atoms with van der Waals surface area (Å²) >= 11 is 1.50. The van der Waals surface area contributed by atoms with Crippen molar-refractivity contribution in [1.82, 2.24) is 10.2 Å². The van der Waals surface area contributed by atoms with E-state index in [-0.39, 0.29) is 17.9 Å². The Morgan fingerprint density at radius 1 is 1.50 bits per heavy atom. The second-order valence-electron chi connectivity index (χ2n) is 6.93. The van der Waals surface area contributed by atoms with Gasteiger partial charge in [-0.3, -0.25) is 9.59 Å². The summed E-state index contributed by atoms with van der Waals surface area (Å²) in [5, 5.41) is 5.91. The number of amides is 2. The SMILES string of the molecule is C[C@H]1CCCN(C[C@H](C)NC(=O)c2ccc3c(c2)NC(=O)CS3)C1. The first kappa shape index (κ1) is 17.3. The van der Waals surface area contributed by atoms with Gasteiger partial charge in [-0.05, 0) is 50.4 Å². The number of hydrogen-bond donors (Lipinski definition) is 2. The standard InChI is InChI=1S/C18H25N3O2S/c1-12-4-3-7-21(9-12)10-13(2)19-18(23)14-5-6-16-15(8-14)20-17(22)11-24-16/h5-6,8,12-13H,3-4,7,9-11H2,1-2H3,(H,19,23)(H,20,22)/t12-,13-/m0/s1. The Hall–Kier alpha value is -1.53. The summed E-state index contributed by atoms with van der Waals surface area (Å²) in [5.74, 6) is 1.07. The molecule has 0 saturated carbocycles.